The first-order chi connectivity index (χ1) is 14.5. The minimum atomic E-state index is -0.582. The van der Waals surface area contributed by atoms with E-state index in [1.165, 1.54) is 12.5 Å². The molecule has 2 aromatic rings. The average Bonchev–Trinajstić information content (AvgIpc) is 3.39. The average molecular weight is 409 g/mol. The van der Waals surface area contributed by atoms with Crippen LogP contribution in [0.4, 0.5) is 5.69 Å². The zero-order valence-corrected chi connectivity index (χ0v) is 16.7. The Balaban J connectivity index is 1.61. The van der Waals surface area contributed by atoms with Crippen molar-refractivity contribution in [1.29, 1.82) is 5.26 Å². The van der Waals surface area contributed by atoms with Crippen LogP contribution in [-0.2, 0) is 19.1 Å². The monoisotopic (exact) mass is 409 g/mol. The summed E-state index contributed by atoms with van der Waals surface area (Å²) in [5, 5.41) is 11.7. The van der Waals surface area contributed by atoms with Crippen molar-refractivity contribution in [2.75, 3.05) is 18.1 Å². The molecule has 1 saturated heterocycles. The number of nitriles is 1. The van der Waals surface area contributed by atoms with Gasteiger partial charge < -0.3 is 19.4 Å². The van der Waals surface area contributed by atoms with Crippen LogP contribution < -0.4 is 10.2 Å². The lowest BCUT2D eigenvalue weighted by atomic mass is 10.0. The van der Waals surface area contributed by atoms with Gasteiger partial charge in [-0.25, -0.2) is 0 Å². The number of carbonyl (C=O) groups excluding carboxylic acids is 3. The molecule has 1 aliphatic heterocycles. The molecule has 2 heterocycles. The molecular weight excluding hydrogens is 386 g/mol. The summed E-state index contributed by atoms with van der Waals surface area (Å²) in [5.41, 5.74) is 1.89. The number of esters is 1. The van der Waals surface area contributed by atoms with E-state index in [2.05, 4.69) is 5.32 Å². The molecule has 8 heteroatoms. The van der Waals surface area contributed by atoms with Gasteiger partial charge in [-0.05, 0) is 43.7 Å². The number of hydrogen-bond donors (Lipinski definition) is 1. The molecule has 1 unspecified atom stereocenters. The minimum Gasteiger partial charge on any atom is -0.472 e. The lowest BCUT2D eigenvalue weighted by molar-refractivity contribution is -0.144. The van der Waals surface area contributed by atoms with Gasteiger partial charge in [-0.15, -0.1) is 0 Å². The maximum Gasteiger partial charge on any atom is 0.308 e. The second-order valence-corrected chi connectivity index (χ2v) is 7.02. The molecule has 0 saturated carbocycles. The van der Waals surface area contributed by atoms with Crippen molar-refractivity contribution in [2.45, 2.75) is 32.2 Å². The molecule has 1 aliphatic rings. The van der Waals surface area contributed by atoms with Crippen LogP contribution in [0.5, 0.6) is 0 Å². The first-order valence-corrected chi connectivity index (χ1v) is 9.80. The van der Waals surface area contributed by atoms with Crippen molar-refractivity contribution < 1.29 is 23.5 Å². The van der Waals surface area contributed by atoms with Gasteiger partial charge in [0.05, 0.1) is 43.2 Å². The van der Waals surface area contributed by atoms with Crippen molar-refractivity contribution in [2.24, 2.45) is 5.92 Å². The Labute approximate surface area is 174 Å². The zero-order valence-electron chi connectivity index (χ0n) is 16.7. The molecule has 8 nitrogen and oxygen atoms in total. The third kappa shape index (κ3) is 5.06. The van der Waals surface area contributed by atoms with Crippen molar-refractivity contribution >= 4 is 23.5 Å². The summed E-state index contributed by atoms with van der Waals surface area (Å²) < 4.78 is 10.0. The molecular formula is C22H23N3O5. The molecule has 0 aliphatic carbocycles. The van der Waals surface area contributed by atoms with E-state index in [1.54, 1.807) is 42.2 Å². The normalized spacial score (nSPS) is 16.7. The van der Waals surface area contributed by atoms with Crippen LogP contribution in [-0.4, -0.2) is 30.9 Å². The van der Waals surface area contributed by atoms with Gasteiger partial charge in [0.25, 0.3) is 0 Å². The van der Waals surface area contributed by atoms with E-state index in [9.17, 15) is 14.4 Å². The summed E-state index contributed by atoms with van der Waals surface area (Å²) in [6.07, 6.45) is 3.51. The number of carbonyl (C=O) groups is 3. The van der Waals surface area contributed by atoms with E-state index in [1.807, 2.05) is 6.07 Å². The summed E-state index contributed by atoms with van der Waals surface area (Å²) in [5.74, 6) is -1.30. The summed E-state index contributed by atoms with van der Waals surface area (Å²) in [6, 6.07) is 9.92. The van der Waals surface area contributed by atoms with Gasteiger partial charge >= 0.3 is 5.97 Å². The number of ether oxygens (including phenoxy) is 1. The maximum atomic E-state index is 12.8. The molecule has 2 amide bonds. The topological polar surface area (TPSA) is 113 Å². The number of anilines is 1. The van der Waals surface area contributed by atoms with Crippen molar-refractivity contribution in [3.63, 3.8) is 0 Å². The summed E-state index contributed by atoms with van der Waals surface area (Å²) >= 11 is 0. The van der Waals surface area contributed by atoms with Crippen LogP contribution >= 0.6 is 0 Å². The van der Waals surface area contributed by atoms with E-state index in [4.69, 9.17) is 14.4 Å². The molecule has 30 heavy (non-hydrogen) atoms. The molecule has 0 spiro atoms. The standard InChI is InChI=1S/C22H23N3O5/c1-2-30-21(27)12-19(17-8-10-29-14-17)24-20(26)11-16-7-9-25(22(16)28)18-5-3-15(13-23)4-6-18/h3-6,8,10,14,16,19H,2,7,9,11-12H2,1H3,(H,24,26)/t16?,19-/m0/s1. The number of furan rings is 1. The van der Waals surface area contributed by atoms with E-state index >= 15 is 0 Å². The van der Waals surface area contributed by atoms with Gasteiger partial charge in [0, 0.05) is 30.1 Å². The first-order valence-electron chi connectivity index (χ1n) is 9.80. The van der Waals surface area contributed by atoms with Crippen LogP contribution in [0.2, 0.25) is 0 Å². The number of benzene rings is 1. The quantitative estimate of drug-likeness (QED) is 0.671. The second-order valence-electron chi connectivity index (χ2n) is 7.02. The predicted octanol–water partition coefficient (Wildman–Crippen LogP) is 2.70. The fourth-order valence-electron chi connectivity index (χ4n) is 3.49. The number of rotatable bonds is 8. The van der Waals surface area contributed by atoms with Gasteiger partial charge in [-0.2, -0.15) is 5.26 Å². The van der Waals surface area contributed by atoms with Crippen molar-refractivity contribution in [3.8, 4) is 6.07 Å². The highest BCUT2D eigenvalue weighted by molar-refractivity contribution is 5.99. The Hall–Kier alpha value is -3.60. The summed E-state index contributed by atoms with van der Waals surface area (Å²) in [4.78, 5) is 38.9. The van der Waals surface area contributed by atoms with Gasteiger partial charge in [0.1, 0.15) is 0 Å². The number of hydrogen-bond acceptors (Lipinski definition) is 6. The van der Waals surface area contributed by atoms with Gasteiger partial charge in [-0.1, -0.05) is 0 Å². The van der Waals surface area contributed by atoms with Crippen molar-refractivity contribution in [1.82, 2.24) is 5.32 Å². The van der Waals surface area contributed by atoms with E-state index in [0.29, 0.717) is 29.8 Å². The van der Waals surface area contributed by atoms with E-state index in [-0.39, 0.29) is 31.3 Å². The highest BCUT2D eigenvalue weighted by Crippen LogP contribution is 2.28. The third-order valence-corrected chi connectivity index (χ3v) is 5.01. The van der Waals surface area contributed by atoms with Crippen LogP contribution in [0.3, 0.4) is 0 Å². The van der Waals surface area contributed by atoms with Crippen LogP contribution in [0, 0.1) is 17.2 Å². The lowest BCUT2D eigenvalue weighted by Gasteiger charge is -2.19. The largest absolute Gasteiger partial charge is 0.472 e. The second kappa shape index (κ2) is 9.74. The Bertz CT molecular complexity index is 931. The Morgan fingerprint density at radius 2 is 2.10 bits per heavy atom. The molecule has 0 radical (unpaired) electrons. The fourth-order valence-corrected chi connectivity index (χ4v) is 3.49. The number of nitrogens with one attached hydrogen (secondary N) is 1. The molecule has 1 fully saturated rings. The minimum absolute atomic E-state index is 0.0188. The molecule has 1 aromatic carbocycles. The Morgan fingerprint density at radius 3 is 2.73 bits per heavy atom. The smallest absolute Gasteiger partial charge is 0.308 e. The maximum absolute atomic E-state index is 12.8. The van der Waals surface area contributed by atoms with Crippen LogP contribution in [0.25, 0.3) is 0 Å². The summed E-state index contributed by atoms with van der Waals surface area (Å²) in [7, 11) is 0. The Kier molecular flexibility index (Phi) is 6.86. The fraction of sp³-hybridized carbons (Fsp3) is 0.364. The van der Waals surface area contributed by atoms with E-state index in [0.717, 1.165) is 0 Å². The third-order valence-electron chi connectivity index (χ3n) is 5.01. The molecule has 3 rings (SSSR count). The number of nitrogens with zero attached hydrogens (tertiary/aromatic N) is 2. The van der Waals surface area contributed by atoms with Crippen molar-refractivity contribution in [3.05, 3.63) is 54.0 Å². The summed E-state index contributed by atoms with van der Waals surface area (Å²) in [6.45, 7) is 2.48. The Morgan fingerprint density at radius 1 is 1.33 bits per heavy atom. The SMILES string of the molecule is CCOC(=O)C[C@H](NC(=O)CC1CCN(c2ccc(C#N)cc2)C1=O)c1ccoc1. The van der Waals surface area contributed by atoms with Gasteiger partial charge in [0.15, 0.2) is 0 Å². The zero-order chi connectivity index (χ0) is 21.5. The van der Waals surface area contributed by atoms with Gasteiger partial charge in [0.2, 0.25) is 11.8 Å². The molecule has 156 valence electrons. The molecule has 0 bridgehead atoms. The molecule has 1 aromatic heterocycles. The molecule has 1 N–H and O–H groups in total. The van der Waals surface area contributed by atoms with Crippen LogP contribution in [0.1, 0.15) is 43.4 Å². The number of amides is 2. The van der Waals surface area contributed by atoms with E-state index < -0.39 is 17.9 Å². The predicted molar refractivity (Wildman–Crippen MR) is 107 cm³/mol. The highest BCUT2D eigenvalue weighted by atomic mass is 16.5. The molecule has 2 atom stereocenters. The first kappa shape index (κ1) is 21.1. The van der Waals surface area contributed by atoms with Crippen LogP contribution in [0.15, 0.2) is 47.3 Å². The van der Waals surface area contributed by atoms with Gasteiger partial charge in [-0.3, -0.25) is 14.4 Å². The highest BCUT2D eigenvalue weighted by Gasteiger charge is 2.34. The lowest BCUT2D eigenvalue weighted by Crippen LogP contribution is -2.34.